The Morgan fingerprint density at radius 2 is 2.09 bits per heavy atom. The number of carboxylic acid groups (broad SMARTS) is 1. The van der Waals surface area contributed by atoms with Crippen molar-refractivity contribution in [2.24, 2.45) is 0 Å². The number of aromatic nitrogens is 4. The third-order valence-corrected chi connectivity index (χ3v) is 3.54. The quantitative estimate of drug-likeness (QED) is 0.706. The van der Waals surface area contributed by atoms with Gasteiger partial charge in [0.25, 0.3) is 5.91 Å². The number of amides is 1. The summed E-state index contributed by atoms with van der Waals surface area (Å²) in [7, 11) is 0. The van der Waals surface area contributed by atoms with Gasteiger partial charge in [-0.25, -0.2) is 0 Å². The summed E-state index contributed by atoms with van der Waals surface area (Å²) in [4.78, 5) is 22.4. The normalized spacial score (nSPS) is 10.7. The Labute approximate surface area is 138 Å². The van der Waals surface area contributed by atoms with E-state index in [0.29, 0.717) is 24.5 Å². The lowest BCUT2D eigenvalue weighted by atomic mass is 10.3. The molecule has 2 rings (SSSR count). The number of aliphatic carboxylic acids is 1. The smallest absolute Gasteiger partial charge is 0.305 e. The zero-order chi connectivity index (χ0) is 16.8. The van der Waals surface area contributed by atoms with Gasteiger partial charge in [0.2, 0.25) is 0 Å². The van der Waals surface area contributed by atoms with Gasteiger partial charge in [-0.05, 0) is 19.4 Å². The third kappa shape index (κ3) is 5.10. The van der Waals surface area contributed by atoms with Gasteiger partial charge < -0.3 is 10.4 Å². The van der Waals surface area contributed by atoms with Crippen LogP contribution < -0.4 is 5.32 Å². The van der Waals surface area contributed by atoms with Gasteiger partial charge in [0.05, 0.1) is 23.7 Å². The van der Waals surface area contributed by atoms with Crippen molar-refractivity contribution in [3.63, 3.8) is 0 Å². The molecule has 0 aliphatic carbocycles. The topological polar surface area (TPSA) is 102 Å². The van der Waals surface area contributed by atoms with Gasteiger partial charge in [0, 0.05) is 25.5 Å². The van der Waals surface area contributed by atoms with E-state index in [2.05, 4.69) is 15.5 Å². The molecular weight excluding hydrogens is 322 g/mol. The fourth-order valence-corrected chi connectivity index (χ4v) is 2.11. The van der Waals surface area contributed by atoms with E-state index < -0.39 is 5.97 Å². The van der Waals surface area contributed by atoms with Gasteiger partial charge in [-0.2, -0.15) is 10.2 Å². The van der Waals surface area contributed by atoms with Gasteiger partial charge in [-0.3, -0.25) is 19.0 Å². The Bertz CT molecular complexity index is 675. The van der Waals surface area contributed by atoms with Crippen LogP contribution in [0.15, 0.2) is 18.5 Å². The Kier molecular flexibility index (Phi) is 5.75. The summed E-state index contributed by atoms with van der Waals surface area (Å²) in [6, 6.07) is 1.56. The monoisotopic (exact) mass is 339 g/mol. The van der Waals surface area contributed by atoms with Crippen molar-refractivity contribution >= 4 is 23.5 Å². The number of nitrogens with one attached hydrogen (secondary N) is 1. The molecule has 0 saturated heterocycles. The second-order valence-electron chi connectivity index (χ2n) is 5.04. The first-order valence-corrected chi connectivity index (χ1v) is 7.56. The molecule has 0 aliphatic heterocycles. The molecule has 2 aromatic rings. The van der Waals surface area contributed by atoms with Crippen LogP contribution in [0.5, 0.6) is 0 Å². The number of carbonyl (C=O) groups excluding carboxylic acids is 1. The first-order chi connectivity index (χ1) is 11.0. The lowest BCUT2D eigenvalue weighted by Gasteiger charge is -2.04. The molecule has 2 aromatic heterocycles. The van der Waals surface area contributed by atoms with Gasteiger partial charge in [-0.15, -0.1) is 0 Å². The van der Waals surface area contributed by atoms with Gasteiger partial charge in [0.15, 0.2) is 0 Å². The molecule has 0 aliphatic rings. The molecule has 0 aromatic carbocycles. The molecule has 9 heteroatoms. The highest BCUT2D eigenvalue weighted by Crippen LogP contribution is 2.11. The Hall–Kier alpha value is -2.35. The fraction of sp³-hybridized carbons (Fsp3) is 0.429. The molecule has 2 N–H and O–H groups in total. The van der Waals surface area contributed by atoms with E-state index in [9.17, 15) is 9.59 Å². The maximum absolute atomic E-state index is 11.9. The summed E-state index contributed by atoms with van der Waals surface area (Å²) < 4.78 is 3.18. The molecule has 0 bridgehead atoms. The molecule has 23 heavy (non-hydrogen) atoms. The minimum Gasteiger partial charge on any atom is -0.481 e. The number of carboxylic acids is 1. The highest BCUT2D eigenvalue weighted by molar-refractivity contribution is 6.31. The molecule has 2 heterocycles. The summed E-state index contributed by atoms with van der Waals surface area (Å²) in [6.07, 6.45) is 4.02. The van der Waals surface area contributed by atoms with Crippen molar-refractivity contribution in [1.29, 1.82) is 0 Å². The Balaban J connectivity index is 1.73. The van der Waals surface area contributed by atoms with Crippen LogP contribution in [0.3, 0.4) is 0 Å². The molecule has 0 atom stereocenters. The minimum atomic E-state index is -0.902. The lowest BCUT2D eigenvalue weighted by molar-refractivity contribution is -0.137. The second kappa shape index (κ2) is 7.77. The standard InChI is InChI=1S/C14H18ClN5O3/c1-10-11(15)9-20(17-10)6-2-5-16-14(23)12-3-7-19(18-12)8-4-13(21)22/h3,7,9H,2,4-6,8H2,1H3,(H,16,23)(H,21,22). The predicted molar refractivity (Wildman–Crippen MR) is 83.4 cm³/mol. The Morgan fingerprint density at radius 3 is 2.74 bits per heavy atom. The number of rotatable bonds is 8. The van der Waals surface area contributed by atoms with Crippen molar-refractivity contribution < 1.29 is 14.7 Å². The minimum absolute atomic E-state index is 0.0331. The lowest BCUT2D eigenvalue weighted by Crippen LogP contribution is -2.26. The first kappa shape index (κ1) is 17.0. The first-order valence-electron chi connectivity index (χ1n) is 7.18. The molecule has 0 fully saturated rings. The SMILES string of the molecule is Cc1nn(CCCNC(=O)c2ccn(CCC(=O)O)n2)cc1Cl. The number of nitrogens with zero attached hydrogens (tertiary/aromatic N) is 4. The average molecular weight is 340 g/mol. The van der Waals surface area contributed by atoms with Crippen molar-refractivity contribution in [2.75, 3.05) is 6.54 Å². The van der Waals surface area contributed by atoms with Crippen molar-refractivity contribution in [3.8, 4) is 0 Å². The van der Waals surface area contributed by atoms with Crippen LogP contribution >= 0.6 is 11.6 Å². The predicted octanol–water partition coefficient (Wildman–Crippen LogP) is 1.34. The number of aryl methyl sites for hydroxylation is 3. The van der Waals surface area contributed by atoms with Gasteiger partial charge >= 0.3 is 5.97 Å². The number of hydrogen-bond acceptors (Lipinski definition) is 4. The third-order valence-electron chi connectivity index (χ3n) is 3.16. The van der Waals surface area contributed by atoms with E-state index in [1.165, 1.54) is 4.68 Å². The molecule has 0 unspecified atom stereocenters. The number of halogens is 1. The van der Waals surface area contributed by atoms with E-state index in [0.717, 1.165) is 5.69 Å². The summed E-state index contributed by atoms with van der Waals surface area (Å²) in [6.45, 7) is 3.21. The van der Waals surface area contributed by atoms with Crippen LogP contribution in [0, 0.1) is 6.92 Å². The van der Waals surface area contributed by atoms with Crippen LogP contribution in [0.25, 0.3) is 0 Å². The molecule has 0 radical (unpaired) electrons. The highest BCUT2D eigenvalue weighted by Gasteiger charge is 2.09. The van der Waals surface area contributed by atoms with Crippen molar-refractivity contribution in [3.05, 3.63) is 34.9 Å². The van der Waals surface area contributed by atoms with Gasteiger partial charge in [-0.1, -0.05) is 11.6 Å². The van der Waals surface area contributed by atoms with Crippen molar-refractivity contribution in [1.82, 2.24) is 24.9 Å². The maximum atomic E-state index is 11.9. The van der Waals surface area contributed by atoms with E-state index in [4.69, 9.17) is 16.7 Å². The number of hydrogen-bond donors (Lipinski definition) is 2. The summed E-state index contributed by atoms with van der Waals surface area (Å²) in [5.74, 6) is -1.19. The Morgan fingerprint density at radius 1 is 1.30 bits per heavy atom. The van der Waals surface area contributed by atoms with Crippen LogP contribution in [0.2, 0.25) is 5.02 Å². The van der Waals surface area contributed by atoms with Crippen LogP contribution in [0.1, 0.15) is 29.0 Å². The summed E-state index contributed by atoms with van der Waals surface area (Å²) in [5.41, 5.74) is 1.05. The van der Waals surface area contributed by atoms with Crippen LogP contribution in [0.4, 0.5) is 0 Å². The van der Waals surface area contributed by atoms with E-state index >= 15 is 0 Å². The number of carbonyl (C=O) groups is 2. The van der Waals surface area contributed by atoms with E-state index in [1.807, 2.05) is 6.92 Å². The molecule has 8 nitrogen and oxygen atoms in total. The van der Waals surface area contributed by atoms with Crippen LogP contribution in [-0.4, -0.2) is 43.1 Å². The zero-order valence-electron chi connectivity index (χ0n) is 12.7. The molecular formula is C14H18ClN5O3. The van der Waals surface area contributed by atoms with E-state index in [1.54, 1.807) is 23.1 Å². The van der Waals surface area contributed by atoms with Gasteiger partial charge in [0.1, 0.15) is 5.69 Å². The van der Waals surface area contributed by atoms with E-state index in [-0.39, 0.29) is 24.6 Å². The maximum Gasteiger partial charge on any atom is 0.305 e. The fourth-order valence-electron chi connectivity index (χ4n) is 1.96. The average Bonchev–Trinajstić information content (AvgIpc) is 3.09. The van der Waals surface area contributed by atoms with Crippen molar-refractivity contribution in [2.45, 2.75) is 32.9 Å². The molecule has 0 spiro atoms. The highest BCUT2D eigenvalue weighted by atomic mass is 35.5. The largest absolute Gasteiger partial charge is 0.481 e. The zero-order valence-corrected chi connectivity index (χ0v) is 13.5. The molecule has 1 amide bonds. The summed E-state index contributed by atoms with van der Waals surface area (Å²) in [5, 5.41) is 20.3. The second-order valence-corrected chi connectivity index (χ2v) is 5.45. The molecule has 0 saturated carbocycles. The van der Waals surface area contributed by atoms with Crippen LogP contribution in [-0.2, 0) is 17.9 Å². The summed E-state index contributed by atoms with van der Waals surface area (Å²) >= 11 is 5.92. The molecule has 124 valence electrons.